The van der Waals surface area contributed by atoms with Crippen LogP contribution in [0.25, 0.3) is 11.0 Å². The first kappa shape index (κ1) is 25.2. The van der Waals surface area contributed by atoms with Gasteiger partial charge in [0.05, 0.1) is 11.0 Å². The summed E-state index contributed by atoms with van der Waals surface area (Å²) in [4.78, 5) is 39.6. The van der Waals surface area contributed by atoms with Crippen molar-refractivity contribution in [3.8, 4) is 0 Å². The van der Waals surface area contributed by atoms with Gasteiger partial charge in [-0.15, -0.1) is 0 Å². The number of nitrogens with two attached hydrogens (primary N) is 1. The average Bonchev–Trinajstić information content (AvgIpc) is 3.11. The van der Waals surface area contributed by atoms with Crippen LogP contribution in [0.3, 0.4) is 0 Å². The fraction of sp³-hybridized carbons (Fsp3) is 0.679. The molecule has 1 aromatic carbocycles. The Hall–Kier alpha value is -2.45. The lowest BCUT2D eigenvalue weighted by Gasteiger charge is -2.36. The maximum atomic E-state index is 13.0. The van der Waals surface area contributed by atoms with Gasteiger partial charge in [-0.05, 0) is 100 Å². The summed E-state index contributed by atoms with van der Waals surface area (Å²) in [6.07, 6.45) is 11.6. The van der Waals surface area contributed by atoms with E-state index in [9.17, 15) is 14.4 Å². The summed E-state index contributed by atoms with van der Waals surface area (Å²) in [5.41, 5.74) is 8.69. The molecule has 3 aliphatic rings. The highest BCUT2D eigenvalue weighted by Crippen LogP contribution is 2.28. The van der Waals surface area contributed by atoms with Crippen LogP contribution in [-0.2, 0) is 23.1 Å². The lowest BCUT2D eigenvalue weighted by molar-refractivity contribution is -0.135. The quantitative estimate of drug-likeness (QED) is 0.575. The molecule has 1 aliphatic carbocycles. The summed E-state index contributed by atoms with van der Waals surface area (Å²) in [6, 6.07) is 5.95. The lowest BCUT2D eigenvalue weighted by Crippen LogP contribution is -2.44. The maximum absolute atomic E-state index is 13.0. The number of likely N-dealkylation sites (tertiary alicyclic amines) is 1. The Bertz CT molecular complexity index is 1150. The third-order valence-electron chi connectivity index (χ3n) is 8.87. The van der Waals surface area contributed by atoms with Gasteiger partial charge in [-0.1, -0.05) is 12.5 Å². The summed E-state index contributed by atoms with van der Waals surface area (Å²) < 4.78 is 3.18. The molecule has 8 nitrogen and oxygen atoms in total. The number of piperidine rings is 2. The predicted octanol–water partition coefficient (Wildman–Crippen LogP) is 2.87. The molecule has 0 radical (unpaired) electrons. The minimum absolute atomic E-state index is 0.209. The van der Waals surface area contributed by atoms with Gasteiger partial charge >= 0.3 is 5.69 Å². The fourth-order valence-electron chi connectivity index (χ4n) is 6.58. The van der Waals surface area contributed by atoms with E-state index < -0.39 is 6.04 Å². The number of carbonyl (C=O) groups is 2. The number of fused-ring (bicyclic) bond motifs is 1. The first-order chi connectivity index (χ1) is 17.4. The van der Waals surface area contributed by atoms with Gasteiger partial charge < -0.3 is 10.6 Å². The maximum Gasteiger partial charge on any atom is 0.329 e. The van der Waals surface area contributed by atoms with E-state index in [0.29, 0.717) is 12.5 Å². The molecule has 0 bridgehead atoms. The first-order valence-corrected chi connectivity index (χ1v) is 13.9. The Balaban J connectivity index is 1.13. The largest absolute Gasteiger partial charge is 0.329 e. The van der Waals surface area contributed by atoms with Crippen molar-refractivity contribution in [2.24, 2.45) is 24.6 Å². The topological polar surface area (TPSA) is 102 Å². The van der Waals surface area contributed by atoms with Crippen LogP contribution in [0.4, 0.5) is 0 Å². The minimum Gasteiger partial charge on any atom is -0.328 e. The van der Waals surface area contributed by atoms with Gasteiger partial charge in [0.2, 0.25) is 11.8 Å². The molecule has 1 unspecified atom stereocenters. The van der Waals surface area contributed by atoms with E-state index in [2.05, 4.69) is 22.3 Å². The van der Waals surface area contributed by atoms with Crippen molar-refractivity contribution in [2.75, 3.05) is 19.6 Å². The van der Waals surface area contributed by atoms with Crippen LogP contribution in [0.2, 0.25) is 0 Å². The van der Waals surface area contributed by atoms with Crippen molar-refractivity contribution in [1.29, 1.82) is 0 Å². The number of carbonyl (C=O) groups excluding carboxylic acids is 2. The number of imide groups is 1. The molecule has 1 saturated carbocycles. The molecule has 3 heterocycles. The molecule has 2 aromatic rings. The Labute approximate surface area is 213 Å². The Morgan fingerprint density at radius 3 is 2.42 bits per heavy atom. The number of nitrogens with one attached hydrogen (secondary N) is 1. The van der Waals surface area contributed by atoms with Crippen molar-refractivity contribution < 1.29 is 9.59 Å². The van der Waals surface area contributed by atoms with Crippen LogP contribution in [0.5, 0.6) is 0 Å². The molecule has 2 saturated heterocycles. The predicted molar refractivity (Wildman–Crippen MR) is 141 cm³/mol. The van der Waals surface area contributed by atoms with Crippen LogP contribution in [0.1, 0.15) is 75.8 Å². The molecule has 0 spiro atoms. The molecule has 8 heteroatoms. The van der Waals surface area contributed by atoms with Gasteiger partial charge in [-0.3, -0.25) is 24.0 Å². The average molecular weight is 496 g/mol. The van der Waals surface area contributed by atoms with Crippen LogP contribution in [-0.4, -0.2) is 51.5 Å². The van der Waals surface area contributed by atoms with E-state index in [0.717, 1.165) is 35.7 Å². The van der Waals surface area contributed by atoms with Crippen molar-refractivity contribution in [3.05, 3.63) is 34.2 Å². The standard InChI is InChI=1S/C28H41N5O3/c1-31-25-17-20(7-10-23(25)33(28(31)36)24-11-12-26(34)30-27(24)35)4-2-3-19-13-15-32(16-14-19)18-21-5-8-22(29)9-6-21/h7,10,17,19,21-22,24H,2-6,8-9,11-16,18,29H2,1H3,(H,30,34,35). The Morgan fingerprint density at radius 1 is 0.944 bits per heavy atom. The second-order valence-electron chi connectivity index (χ2n) is 11.4. The number of imidazole rings is 1. The molecule has 3 N–H and O–H groups in total. The van der Waals surface area contributed by atoms with Gasteiger partial charge in [-0.25, -0.2) is 4.79 Å². The lowest BCUT2D eigenvalue weighted by atomic mass is 9.85. The van der Waals surface area contributed by atoms with E-state index in [1.807, 2.05) is 6.07 Å². The number of hydrogen-bond donors (Lipinski definition) is 2. The monoisotopic (exact) mass is 495 g/mol. The zero-order chi connectivity index (χ0) is 25.2. The second-order valence-corrected chi connectivity index (χ2v) is 11.4. The van der Waals surface area contributed by atoms with Crippen molar-refractivity contribution >= 4 is 22.8 Å². The molecule has 1 atom stereocenters. The molecule has 36 heavy (non-hydrogen) atoms. The number of hydrogen-bond acceptors (Lipinski definition) is 5. The molecule has 5 rings (SSSR count). The van der Waals surface area contributed by atoms with E-state index >= 15 is 0 Å². The van der Waals surface area contributed by atoms with Gasteiger partial charge in [0, 0.05) is 26.1 Å². The van der Waals surface area contributed by atoms with Gasteiger partial charge in [0.1, 0.15) is 6.04 Å². The molecule has 1 aromatic heterocycles. The van der Waals surface area contributed by atoms with Crippen LogP contribution < -0.4 is 16.7 Å². The number of nitrogens with zero attached hydrogens (tertiary/aromatic N) is 3. The van der Waals surface area contributed by atoms with Crippen molar-refractivity contribution in [1.82, 2.24) is 19.4 Å². The van der Waals surface area contributed by atoms with E-state index in [-0.39, 0.29) is 23.9 Å². The smallest absolute Gasteiger partial charge is 0.328 e. The van der Waals surface area contributed by atoms with Crippen molar-refractivity contribution in [3.63, 3.8) is 0 Å². The molecular formula is C28H41N5O3. The summed E-state index contributed by atoms with van der Waals surface area (Å²) in [5.74, 6) is 0.991. The molecular weight excluding hydrogens is 454 g/mol. The first-order valence-electron chi connectivity index (χ1n) is 13.9. The summed E-state index contributed by atoms with van der Waals surface area (Å²) >= 11 is 0. The van der Waals surface area contributed by atoms with Crippen LogP contribution in [0.15, 0.2) is 23.0 Å². The number of rotatable bonds is 7. The minimum atomic E-state index is -0.633. The number of aryl methyl sites for hydroxylation is 2. The van der Waals surface area contributed by atoms with Crippen LogP contribution >= 0.6 is 0 Å². The highest BCUT2D eigenvalue weighted by molar-refractivity contribution is 6.00. The van der Waals surface area contributed by atoms with Gasteiger partial charge in [-0.2, -0.15) is 0 Å². The number of amides is 2. The summed E-state index contributed by atoms with van der Waals surface area (Å²) in [5, 5.41) is 2.37. The van der Waals surface area contributed by atoms with Gasteiger partial charge in [0.15, 0.2) is 0 Å². The normalized spacial score (nSPS) is 26.4. The van der Waals surface area contributed by atoms with Gasteiger partial charge in [0.25, 0.3) is 0 Å². The molecule has 2 aliphatic heterocycles. The highest BCUT2D eigenvalue weighted by atomic mass is 16.2. The summed E-state index contributed by atoms with van der Waals surface area (Å²) in [7, 11) is 1.76. The van der Waals surface area contributed by atoms with Crippen molar-refractivity contribution in [2.45, 2.75) is 82.7 Å². The zero-order valence-electron chi connectivity index (χ0n) is 21.6. The third kappa shape index (κ3) is 5.44. The Kier molecular flexibility index (Phi) is 7.62. The third-order valence-corrected chi connectivity index (χ3v) is 8.87. The second kappa shape index (κ2) is 10.9. The summed E-state index contributed by atoms with van der Waals surface area (Å²) in [6.45, 7) is 3.72. The molecule has 2 amide bonds. The highest BCUT2D eigenvalue weighted by Gasteiger charge is 2.31. The SMILES string of the molecule is Cn1c(=O)n(C2CCC(=O)NC2=O)c2ccc(CCCC3CCN(CC4CCC(N)CC4)CC3)cc21. The molecule has 3 fully saturated rings. The fourth-order valence-corrected chi connectivity index (χ4v) is 6.58. The zero-order valence-corrected chi connectivity index (χ0v) is 21.6. The Morgan fingerprint density at radius 2 is 1.69 bits per heavy atom. The molecule has 196 valence electrons. The van der Waals surface area contributed by atoms with Crippen LogP contribution in [0, 0.1) is 11.8 Å². The number of benzene rings is 1. The number of aromatic nitrogens is 2. The van der Waals surface area contributed by atoms with E-state index in [1.54, 1.807) is 16.2 Å². The van der Waals surface area contributed by atoms with E-state index in [1.165, 1.54) is 70.1 Å². The van der Waals surface area contributed by atoms with E-state index in [4.69, 9.17) is 5.73 Å².